The zero-order chi connectivity index (χ0) is 11.5. The zero-order valence-electron chi connectivity index (χ0n) is 9.38. The van der Waals surface area contributed by atoms with Crippen molar-refractivity contribution in [3.63, 3.8) is 0 Å². The normalized spacial score (nSPS) is 11.5. The highest BCUT2D eigenvalue weighted by Crippen LogP contribution is 2.01. The summed E-state index contributed by atoms with van der Waals surface area (Å²) in [4.78, 5) is 3.77. The van der Waals surface area contributed by atoms with Gasteiger partial charge in [0.1, 0.15) is 0 Å². The van der Waals surface area contributed by atoms with E-state index in [-0.39, 0.29) is 0 Å². The third-order valence-electron chi connectivity index (χ3n) is 2.05. The van der Waals surface area contributed by atoms with Crippen LogP contribution in [0.3, 0.4) is 0 Å². The van der Waals surface area contributed by atoms with Crippen molar-refractivity contribution in [1.29, 1.82) is 0 Å². The number of nitrogens with zero attached hydrogens (tertiary/aromatic N) is 1. The molecule has 0 saturated heterocycles. The summed E-state index contributed by atoms with van der Waals surface area (Å²) in [5.41, 5.74) is 6.30. The molecule has 0 spiro atoms. The van der Waals surface area contributed by atoms with E-state index in [9.17, 15) is 0 Å². The van der Waals surface area contributed by atoms with Crippen molar-refractivity contribution < 1.29 is 4.74 Å². The number of hydrogen-bond donors (Lipinski definition) is 1. The first-order valence-electron chi connectivity index (χ1n) is 5.43. The summed E-state index contributed by atoms with van der Waals surface area (Å²) in [6, 6.07) is 10.2. The molecular weight excluding hydrogens is 200 g/mol. The molecule has 1 aromatic rings. The van der Waals surface area contributed by atoms with Gasteiger partial charge in [-0.25, -0.2) is 4.99 Å². The zero-order valence-corrected chi connectivity index (χ0v) is 9.38. The van der Waals surface area contributed by atoms with Gasteiger partial charge in [0.05, 0.1) is 12.9 Å². The lowest BCUT2D eigenvalue weighted by atomic mass is 10.2. The molecule has 0 fully saturated rings. The molecule has 0 radical (unpaired) electrons. The van der Waals surface area contributed by atoms with Crippen LogP contribution in [0, 0.1) is 0 Å². The van der Waals surface area contributed by atoms with Gasteiger partial charge >= 0.3 is 0 Å². The molecule has 2 N–H and O–H groups in total. The number of ether oxygens (including phenoxy) is 1. The molecule has 0 aliphatic carbocycles. The van der Waals surface area contributed by atoms with Crippen LogP contribution in [0.15, 0.2) is 47.6 Å². The Hall–Kier alpha value is -1.61. The predicted octanol–water partition coefficient (Wildman–Crippen LogP) is 2.48. The van der Waals surface area contributed by atoms with E-state index in [1.165, 1.54) is 11.9 Å². The second-order valence-electron chi connectivity index (χ2n) is 3.36. The van der Waals surface area contributed by atoms with Crippen molar-refractivity contribution >= 4 is 6.34 Å². The highest BCUT2D eigenvalue weighted by atomic mass is 16.5. The predicted molar refractivity (Wildman–Crippen MR) is 67.2 cm³/mol. The summed E-state index contributed by atoms with van der Waals surface area (Å²) in [7, 11) is 0. The Kier molecular flexibility index (Phi) is 6.76. The Morgan fingerprint density at radius 3 is 2.81 bits per heavy atom. The molecule has 3 heteroatoms. The van der Waals surface area contributed by atoms with Crippen LogP contribution in [0.5, 0.6) is 0 Å². The molecule has 3 nitrogen and oxygen atoms in total. The van der Waals surface area contributed by atoms with Crippen LogP contribution in [0.2, 0.25) is 0 Å². The summed E-state index contributed by atoms with van der Waals surface area (Å²) < 4.78 is 5.53. The van der Waals surface area contributed by atoms with E-state index in [1.807, 2.05) is 24.3 Å². The van der Waals surface area contributed by atoms with E-state index in [0.29, 0.717) is 6.61 Å². The summed E-state index contributed by atoms with van der Waals surface area (Å²) in [5, 5.41) is 0. The van der Waals surface area contributed by atoms with Crippen molar-refractivity contribution in [1.82, 2.24) is 0 Å². The molecule has 0 aliphatic rings. The molecule has 0 bridgehead atoms. The van der Waals surface area contributed by atoms with Gasteiger partial charge in [-0.2, -0.15) is 0 Å². The highest BCUT2D eigenvalue weighted by Gasteiger charge is 1.90. The summed E-state index contributed by atoms with van der Waals surface area (Å²) >= 11 is 0. The maximum Gasteiger partial charge on any atom is 0.0852 e. The Morgan fingerprint density at radius 1 is 1.25 bits per heavy atom. The van der Waals surface area contributed by atoms with E-state index in [0.717, 1.165) is 19.4 Å². The van der Waals surface area contributed by atoms with E-state index < -0.39 is 0 Å². The Labute approximate surface area is 96.6 Å². The monoisotopic (exact) mass is 218 g/mol. The average molecular weight is 218 g/mol. The summed E-state index contributed by atoms with van der Waals surface area (Å²) in [6.07, 6.45) is 6.93. The minimum Gasteiger partial charge on any atom is -0.390 e. The quantitative estimate of drug-likeness (QED) is 0.434. The van der Waals surface area contributed by atoms with Gasteiger partial charge in [-0.1, -0.05) is 36.4 Å². The van der Waals surface area contributed by atoms with E-state index in [1.54, 1.807) is 6.20 Å². The van der Waals surface area contributed by atoms with Crippen molar-refractivity contribution in [2.45, 2.75) is 19.4 Å². The minimum atomic E-state index is 0.686. The van der Waals surface area contributed by atoms with Crippen molar-refractivity contribution in [3.05, 3.63) is 48.2 Å². The smallest absolute Gasteiger partial charge is 0.0852 e. The maximum atomic E-state index is 5.53. The van der Waals surface area contributed by atoms with Gasteiger partial charge in [0, 0.05) is 12.8 Å². The minimum absolute atomic E-state index is 0.686. The molecule has 1 rings (SSSR count). The van der Waals surface area contributed by atoms with E-state index in [2.05, 4.69) is 17.1 Å². The molecular formula is C13H18N2O. The number of aliphatic imine (C=N–C) groups is 1. The van der Waals surface area contributed by atoms with Crippen LogP contribution in [0.25, 0.3) is 0 Å². The Morgan fingerprint density at radius 2 is 2.06 bits per heavy atom. The van der Waals surface area contributed by atoms with Crippen molar-refractivity contribution in [2.75, 3.05) is 6.61 Å². The van der Waals surface area contributed by atoms with Crippen LogP contribution in [0.1, 0.15) is 18.4 Å². The molecule has 86 valence electrons. The second-order valence-corrected chi connectivity index (χ2v) is 3.36. The lowest BCUT2D eigenvalue weighted by molar-refractivity contribution is 0.119. The molecule has 0 unspecified atom stereocenters. The molecule has 1 aromatic carbocycles. The van der Waals surface area contributed by atoms with Crippen LogP contribution in [0.4, 0.5) is 0 Å². The fourth-order valence-corrected chi connectivity index (χ4v) is 1.25. The lowest BCUT2D eigenvalue weighted by Crippen LogP contribution is -1.94. The van der Waals surface area contributed by atoms with Gasteiger partial charge in [-0.3, -0.25) is 0 Å². The molecule has 0 aliphatic heterocycles. The summed E-state index contributed by atoms with van der Waals surface area (Å²) in [6.45, 7) is 1.46. The standard InChI is InChI=1S/C13H18N2O/c14-12-15-9-5-2-6-10-16-11-13-7-3-1-4-8-13/h1,3-5,7-9,12H,2,6,10-11H2,(H2,14,15)/b9-5+. The largest absolute Gasteiger partial charge is 0.390 e. The SMILES string of the molecule is NC=N/C=C/CCCOCc1ccccc1. The van der Waals surface area contributed by atoms with E-state index >= 15 is 0 Å². The molecule has 0 saturated carbocycles. The number of benzene rings is 1. The Balaban J connectivity index is 2.00. The first-order chi connectivity index (χ1) is 7.93. The van der Waals surface area contributed by atoms with Crippen LogP contribution >= 0.6 is 0 Å². The van der Waals surface area contributed by atoms with Gasteiger partial charge in [0.2, 0.25) is 0 Å². The fourth-order valence-electron chi connectivity index (χ4n) is 1.25. The molecule has 0 heterocycles. The molecule has 0 atom stereocenters. The molecule has 0 aromatic heterocycles. The van der Waals surface area contributed by atoms with E-state index in [4.69, 9.17) is 10.5 Å². The third kappa shape index (κ3) is 5.98. The van der Waals surface area contributed by atoms with Crippen molar-refractivity contribution in [3.8, 4) is 0 Å². The number of allylic oxidation sites excluding steroid dienone is 1. The van der Waals surface area contributed by atoms with Crippen LogP contribution in [-0.2, 0) is 11.3 Å². The second kappa shape index (κ2) is 8.68. The summed E-state index contributed by atoms with van der Waals surface area (Å²) in [5.74, 6) is 0. The van der Waals surface area contributed by atoms with Gasteiger partial charge < -0.3 is 10.5 Å². The Bertz CT molecular complexity index is 320. The number of unbranched alkanes of at least 4 members (excludes halogenated alkanes) is 1. The molecule has 0 amide bonds. The van der Waals surface area contributed by atoms with Crippen LogP contribution < -0.4 is 5.73 Å². The topological polar surface area (TPSA) is 47.6 Å². The molecule has 16 heavy (non-hydrogen) atoms. The van der Waals surface area contributed by atoms with Crippen LogP contribution in [-0.4, -0.2) is 12.9 Å². The van der Waals surface area contributed by atoms with Gasteiger partial charge in [-0.05, 0) is 18.4 Å². The number of nitrogens with two attached hydrogens (primary N) is 1. The van der Waals surface area contributed by atoms with Gasteiger partial charge in [-0.15, -0.1) is 0 Å². The average Bonchev–Trinajstić information content (AvgIpc) is 2.34. The van der Waals surface area contributed by atoms with Crippen molar-refractivity contribution in [2.24, 2.45) is 10.7 Å². The number of rotatable bonds is 7. The fraction of sp³-hybridized carbons (Fsp3) is 0.308. The van der Waals surface area contributed by atoms with Gasteiger partial charge in [0.25, 0.3) is 0 Å². The third-order valence-corrected chi connectivity index (χ3v) is 2.05. The maximum absolute atomic E-state index is 5.53. The highest BCUT2D eigenvalue weighted by molar-refractivity contribution is 5.52. The first-order valence-corrected chi connectivity index (χ1v) is 5.43. The first kappa shape index (κ1) is 12.5. The lowest BCUT2D eigenvalue weighted by Gasteiger charge is -2.02. The van der Waals surface area contributed by atoms with Gasteiger partial charge in [0.15, 0.2) is 0 Å². The number of hydrogen-bond acceptors (Lipinski definition) is 2.